The molecule has 454 valence electrons. The lowest BCUT2D eigenvalue weighted by molar-refractivity contribution is -0.137. The number of nitrogens with zero attached hydrogens (tertiary/aromatic N) is 16. The van der Waals surface area contributed by atoms with Gasteiger partial charge in [-0.15, -0.1) is 0 Å². The fourth-order valence-electron chi connectivity index (χ4n) is 13.0. The Morgan fingerprint density at radius 1 is 0.290 bits per heavy atom. The van der Waals surface area contributed by atoms with Gasteiger partial charge < -0.3 is 9.13 Å². The average molecular weight is 1280 g/mol. The molecule has 16 nitrogen and oxygen atoms in total. The molecule has 0 saturated carbocycles. The highest BCUT2D eigenvalue weighted by molar-refractivity contribution is 6.15. The van der Waals surface area contributed by atoms with Crippen molar-refractivity contribution in [1.29, 1.82) is 31.6 Å². The van der Waals surface area contributed by atoms with Gasteiger partial charge >= 0.3 is 6.18 Å². The Hall–Kier alpha value is -16.3. The lowest BCUT2D eigenvalue weighted by Crippen LogP contribution is -2.04. The SMILES string of the molecule is [C-]#[N+]c1cc(C#N)c(-c2ccc3c(c2)c2cc(-c4c(C#N)cc([N+]#[C-])cc4[N+]#[C-])ccc2n3-c2cc(-c3ccc(C(F)(F)F)cc3[N+]#[C-])ccc2-c2cc([N+]#[C-])ccc2-n2c3ccc(-c4c(C#N)cc(C#N)cc4[N+]#[C-])cc3c3cc(-c4c([N+]#[C-])cc(C#N)cc4[N+]#[C-])ccc32)c(C#N)c1. The Labute approximate surface area is 567 Å². The molecule has 2 aromatic heterocycles. The van der Waals surface area contributed by atoms with Crippen LogP contribution in [0.5, 0.6) is 0 Å². The summed E-state index contributed by atoms with van der Waals surface area (Å²) < 4.78 is 47.1. The molecule has 0 amide bonds. The molecule has 13 rings (SSSR count). The van der Waals surface area contributed by atoms with E-state index in [9.17, 15) is 44.7 Å². The zero-order chi connectivity index (χ0) is 70.4. The fourth-order valence-corrected chi connectivity index (χ4v) is 13.0. The van der Waals surface area contributed by atoms with Crippen LogP contribution >= 0.6 is 0 Å². The van der Waals surface area contributed by atoms with Crippen LogP contribution in [0.25, 0.3) is 161 Å². The molecular weight excluding hydrogens is 1250 g/mol. The highest BCUT2D eigenvalue weighted by Gasteiger charge is 2.32. The minimum absolute atomic E-state index is 0.00251. The number of alkyl halides is 3. The number of halogens is 3. The molecular formula is C81H29F3N16. The van der Waals surface area contributed by atoms with E-state index in [1.807, 2.05) is 21.3 Å². The third-order valence-corrected chi connectivity index (χ3v) is 17.2. The fraction of sp³-hybridized carbons (Fsp3) is 0.0123. The lowest BCUT2D eigenvalue weighted by atomic mass is 9.93. The van der Waals surface area contributed by atoms with Crippen molar-refractivity contribution >= 4 is 89.1 Å². The van der Waals surface area contributed by atoms with Crippen LogP contribution in [-0.4, -0.2) is 9.13 Å². The predicted molar refractivity (Wildman–Crippen MR) is 371 cm³/mol. The predicted octanol–water partition coefficient (Wildman–Crippen LogP) is 22.5. The third-order valence-electron chi connectivity index (χ3n) is 17.2. The molecule has 0 aliphatic rings. The molecule has 0 radical (unpaired) electrons. The molecule has 0 saturated heterocycles. The minimum Gasteiger partial charge on any atom is -0.309 e. The van der Waals surface area contributed by atoms with E-state index in [0.717, 1.165) is 12.1 Å². The van der Waals surface area contributed by atoms with Gasteiger partial charge in [-0.05, 0) is 160 Å². The summed E-state index contributed by atoms with van der Waals surface area (Å²) in [6, 6.07) is 57.5. The van der Waals surface area contributed by atoms with Crippen LogP contribution < -0.4 is 0 Å². The van der Waals surface area contributed by atoms with Crippen LogP contribution in [0.4, 0.5) is 58.7 Å². The summed E-state index contributed by atoms with van der Waals surface area (Å²) in [4.78, 5) is 29.4. The van der Waals surface area contributed by atoms with E-state index in [1.54, 1.807) is 109 Å². The van der Waals surface area contributed by atoms with Crippen molar-refractivity contribution in [3.05, 3.63) is 306 Å². The molecule has 13 aromatic rings. The Kier molecular flexibility index (Phi) is 15.4. The lowest BCUT2D eigenvalue weighted by Gasteiger charge is -2.21. The summed E-state index contributed by atoms with van der Waals surface area (Å²) in [5.74, 6) is 0. The van der Waals surface area contributed by atoms with Gasteiger partial charge in [0.25, 0.3) is 0 Å². The van der Waals surface area contributed by atoms with Crippen molar-refractivity contribution in [2.45, 2.75) is 6.18 Å². The summed E-state index contributed by atoms with van der Waals surface area (Å²) in [6.07, 6.45) is -4.81. The molecule has 2 heterocycles. The Bertz CT molecular complexity index is 6150. The van der Waals surface area contributed by atoms with Crippen LogP contribution in [0, 0.1) is 121 Å². The normalized spacial score (nSPS) is 10.6. The summed E-state index contributed by atoms with van der Waals surface area (Å²) in [6.45, 7) is 65.0. The second kappa shape index (κ2) is 24.6. The first-order valence-corrected chi connectivity index (χ1v) is 29.4. The Balaban J connectivity index is 1.17. The number of nitriles is 6. The maximum absolute atomic E-state index is 14.4. The molecule has 0 spiro atoms. The Morgan fingerprint density at radius 2 is 0.680 bits per heavy atom. The molecule has 11 aromatic carbocycles. The molecule has 0 fully saturated rings. The Morgan fingerprint density at radius 3 is 1.13 bits per heavy atom. The molecule has 0 atom stereocenters. The standard InChI is InChI=1S/C81H29F3N16/c1-91-56-15-22-75(99-71-19-11-48(78-51(40-87)23-44(38-85)24-67(78)95-5)31-62(71)64-33-50(13-21-72(64)99)80-68(96-6)25-45(39-86)26-69(80)97-7)65(36-56)60-16-9-46(59-17-14-55(81(82,83)84)35-66(59)94-4)34-76(60)100-73-18-10-47(77-52(41-88)27-57(92-2)28-53(77)42-89)30-61(73)63-32-49(12-20-74(63)100)79-54(43-90)29-58(93-3)37-70(79)98-8/h9-37H. The number of fused-ring (bicyclic) bond motifs is 6. The van der Waals surface area contributed by atoms with Gasteiger partial charge in [-0.1, -0.05) is 60.7 Å². The summed E-state index contributed by atoms with van der Waals surface area (Å²) in [7, 11) is 0. The highest BCUT2D eigenvalue weighted by atomic mass is 19.4. The van der Waals surface area contributed by atoms with E-state index in [-0.39, 0.29) is 112 Å². The van der Waals surface area contributed by atoms with Crippen LogP contribution in [0.1, 0.15) is 38.9 Å². The topological polar surface area (TPSA) is 187 Å². The van der Waals surface area contributed by atoms with E-state index < -0.39 is 11.7 Å². The van der Waals surface area contributed by atoms with E-state index in [2.05, 4.69) is 63.0 Å². The van der Waals surface area contributed by atoms with Gasteiger partial charge in [0.1, 0.15) is 0 Å². The zero-order valence-corrected chi connectivity index (χ0v) is 51.0. The zero-order valence-electron chi connectivity index (χ0n) is 51.0. The van der Waals surface area contributed by atoms with Crippen molar-refractivity contribution < 1.29 is 13.2 Å². The average Bonchev–Trinajstić information content (AvgIpc) is 1.53. The maximum Gasteiger partial charge on any atom is 0.415 e. The van der Waals surface area contributed by atoms with Gasteiger partial charge in [0, 0.05) is 66.1 Å². The summed E-state index contributed by atoms with van der Waals surface area (Å²) in [5, 5.41) is 64.1. The molecule has 0 bridgehead atoms. The smallest absolute Gasteiger partial charge is 0.309 e. The van der Waals surface area contributed by atoms with Crippen molar-refractivity contribution in [1.82, 2.24) is 9.13 Å². The molecule has 0 N–H and O–H groups in total. The second-order valence-electron chi connectivity index (χ2n) is 22.4. The number of benzene rings is 11. The first-order valence-electron chi connectivity index (χ1n) is 29.4. The number of rotatable bonds is 8. The van der Waals surface area contributed by atoms with Crippen molar-refractivity contribution in [2.24, 2.45) is 0 Å². The van der Waals surface area contributed by atoms with Gasteiger partial charge in [0.05, 0.1) is 139 Å². The van der Waals surface area contributed by atoms with Crippen molar-refractivity contribution in [2.75, 3.05) is 0 Å². The van der Waals surface area contributed by atoms with Crippen molar-refractivity contribution in [3.8, 4) is 115 Å². The second-order valence-corrected chi connectivity index (χ2v) is 22.4. The van der Waals surface area contributed by atoms with E-state index in [4.69, 9.17) is 52.6 Å². The van der Waals surface area contributed by atoms with Gasteiger partial charge in [0.2, 0.25) is 0 Å². The van der Waals surface area contributed by atoms with Gasteiger partial charge in [0.15, 0.2) is 45.5 Å². The van der Waals surface area contributed by atoms with Gasteiger partial charge in [-0.2, -0.15) is 44.7 Å². The van der Waals surface area contributed by atoms with Crippen LogP contribution in [0.15, 0.2) is 176 Å². The van der Waals surface area contributed by atoms with Crippen LogP contribution in [-0.2, 0) is 6.18 Å². The van der Waals surface area contributed by atoms with Crippen LogP contribution in [0.2, 0.25) is 0 Å². The van der Waals surface area contributed by atoms with Gasteiger partial charge in [-0.25, -0.2) is 38.8 Å². The first kappa shape index (κ1) is 62.5. The van der Waals surface area contributed by atoms with E-state index in [0.29, 0.717) is 88.4 Å². The molecule has 0 aliphatic carbocycles. The minimum atomic E-state index is -4.81. The van der Waals surface area contributed by atoms with E-state index in [1.165, 1.54) is 54.6 Å². The highest BCUT2D eigenvalue weighted by Crippen LogP contribution is 2.50. The summed E-state index contributed by atoms with van der Waals surface area (Å²) >= 11 is 0. The van der Waals surface area contributed by atoms with E-state index >= 15 is 0 Å². The summed E-state index contributed by atoms with van der Waals surface area (Å²) in [5.41, 5.74) is 5.55. The van der Waals surface area contributed by atoms with Crippen molar-refractivity contribution in [3.63, 3.8) is 0 Å². The molecule has 100 heavy (non-hydrogen) atoms. The molecule has 0 aliphatic heterocycles. The van der Waals surface area contributed by atoms with Gasteiger partial charge in [-0.3, -0.25) is 0 Å². The number of hydrogen-bond acceptors (Lipinski definition) is 6. The monoisotopic (exact) mass is 1280 g/mol. The third kappa shape index (κ3) is 10.2. The number of aromatic nitrogens is 2. The first-order chi connectivity index (χ1) is 48.5. The molecule has 0 unspecified atom stereocenters. The number of hydrogen-bond donors (Lipinski definition) is 0. The molecule has 19 heteroatoms. The largest absolute Gasteiger partial charge is 0.415 e. The van der Waals surface area contributed by atoms with Crippen LogP contribution in [0.3, 0.4) is 0 Å². The quantitative estimate of drug-likeness (QED) is 0.136. The maximum atomic E-state index is 14.4.